The zero-order valence-electron chi connectivity index (χ0n) is 17.9. The summed E-state index contributed by atoms with van der Waals surface area (Å²) in [5, 5.41) is 21.4. The van der Waals surface area contributed by atoms with E-state index in [4.69, 9.17) is 11.0 Å². The fraction of sp³-hybridized carbons (Fsp3) is 0.375. The van der Waals surface area contributed by atoms with E-state index in [2.05, 4.69) is 11.4 Å². The van der Waals surface area contributed by atoms with Crippen molar-refractivity contribution in [2.75, 3.05) is 6.26 Å². The number of nitrogens with two attached hydrogens (primary N) is 1. The lowest BCUT2D eigenvalue weighted by atomic mass is 9.99. The Hall–Kier alpha value is -3.20. The van der Waals surface area contributed by atoms with Crippen molar-refractivity contribution >= 4 is 15.7 Å². The van der Waals surface area contributed by atoms with Gasteiger partial charge in [0, 0.05) is 25.1 Å². The van der Waals surface area contributed by atoms with Gasteiger partial charge in [-0.15, -0.1) is 0 Å². The number of hydrogen-bond donors (Lipinski definition) is 2. The van der Waals surface area contributed by atoms with E-state index < -0.39 is 15.9 Å². The van der Waals surface area contributed by atoms with Gasteiger partial charge in [0.15, 0.2) is 9.84 Å². The van der Waals surface area contributed by atoms with Crippen molar-refractivity contribution in [1.82, 2.24) is 5.32 Å². The number of benzene rings is 2. The Morgan fingerprint density at radius 2 is 1.84 bits per heavy atom. The van der Waals surface area contributed by atoms with Crippen molar-refractivity contribution in [3.63, 3.8) is 0 Å². The second-order valence-corrected chi connectivity index (χ2v) is 10.4. The fourth-order valence-electron chi connectivity index (χ4n) is 4.11. The van der Waals surface area contributed by atoms with Crippen LogP contribution in [0.1, 0.15) is 36.8 Å². The van der Waals surface area contributed by atoms with Crippen LogP contribution in [0, 0.1) is 28.6 Å². The van der Waals surface area contributed by atoms with Crippen LogP contribution in [0.15, 0.2) is 47.4 Å². The third kappa shape index (κ3) is 5.94. The summed E-state index contributed by atoms with van der Waals surface area (Å²) < 4.78 is 24.0. The van der Waals surface area contributed by atoms with Gasteiger partial charge in [-0.25, -0.2) is 8.42 Å². The number of sulfone groups is 1. The Morgan fingerprint density at radius 1 is 1.16 bits per heavy atom. The first-order valence-corrected chi connectivity index (χ1v) is 12.4. The topological polar surface area (TPSA) is 137 Å². The standard InChI is InChI=1S/C24H26N4O3S/c1-32(30,31)23-13-19(7-8-20(23)14-25)18-5-2-16(3-6-18)11-22(15-26)28-24(29)12-17-4-9-21(27)10-17/h2-3,5-8,13,17,21-22H,4,9-12,27H2,1H3,(H,28,29). The molecule has 1 fully saturated rings. The summed E-state index contributed by atoms with van der Waals surface area (Å²) in [6.45, 7) is 0. The van der Waals surface area contributed by atoms with E-state index in [1.165, 1.54) is 12.1 Å². The molecule has 3 rings (SSSR count). The minimum atomic E-state index is -3.53. The third-order valence-corrected chi connectivity index (χ3v) is 6.91. The predicted octanol–water partition coefficient (Wildman–Crippen LogP) is 2.70. The second-order valence-electron chi connectivity index (χ2n) is 8.39. The van der Waals surface area contributed by atoms with Crippen LogP contribution < -0.4 is 11.1 Å². The van der Waals surface area contributed by atoms with E-state index in [0.29, 0.717) is 18.4 Å². The molecule has 8 heteroatoms. The molecule has 1 saturated carbocycles. The number of rotatable bonds is 7. The largest absolute Gasteiger partial charge is 0.340 e. The van der Waals surface area contributed by atoms with Crippen LogP contribution in [0.3, 0.4) is 0 Å². The Morgan fingerprint density at radius 3 is 2.41 bits per heavy atom. The van der Waals surface area contributed by atoms with Crippen LogP contribution in [0.25, 0.3) is 11.1 Å². The third-order valence-electron chi connectivity index (χ3n) is 5.78. The molecule has 3 atom stereocenters. The van der Waals surface area contributed by atoms with Gasteiger partial charge in [-0.05, 0) is 54.0 Å². The summed E-state index contributed by atoms with van der Waals surface area (Å²) in [7, 11) is -3.53. The average Bonchev–Trinajstić information content (AvgIpc) is 3.17. The highest BCUT2D eigenvalue weighted by Gasteiger charge is 2.25. The Balaban J connectivity index is 1.67. The van der Waals surface area contributed by atoms with E-state index in [-0.39, 0.29) is 28.3 Å². The average molecular weight is 451 g/mol. The van der Waals surface area contributed by atoms with Crippen LogP contribution in [0.2, 0.25) is 0 Å². The lowest BCUT2D eigenvalue weighted by Gasteiger charge is -2.14. The van der Waals surface area contributed by atoms with E-state index in [1.807, 2.05) is 30.3 Å². The van der Waals surface area contributed by atoms with E-state index in [1.54, 1.807) is 6.07 Å². The molecule has 0 heterocycles. The van der Waals surface area contributed by atoms with Gasteiger partial charge in [0.2, 0.25) is 5.91 Å². The van der Waals surface area contributed by atoms with Gasteiger partial charge in [-0.2, -0.15) is 10.5 Å². The number of hydrogen-bond acceptors (Lipinski definition) is 6. The molecule has 0 saturated heterocycles. The zero-order chi connectivity index (χ0) is 23.3. The van der Waals surface area contributed by atoms with Gasteiger partial charge in [-0.3, -0.25) is 4.79 Å². The first-order chi connectivity index (χ1) is 15.2. The summed E-state index contributed by atoms with van der Waals surface area (Å²) in [4.78, 5) is 12.3. The van der Waals surface area contributed by atoms with Crippen molar-refractivity contribution < 1.29 is 13.2 Å². The maximum absolute atomic E-state index is 12.3. The molecular formula is C24H26N4O3S. The molecule has 0 aliphatic heterocycles. The highest BCUT2D eigenvalue weighted by Crippen LogP contribution is 2.27. The molecular weight excluding hydrogens is 424 g/mol. The van der Waals surface area contributed by atoms with Gasteiger partial charge >= 0.3 is 0 Å². The molecule has 0 radical (unpaired) electrons. The molecule has 3 unspecified atom stereocenters. The second kappa shape index (κ2) is 9.95. The summed E-state index contributed by atoms with van der Waals surface area (Å²) >= 11 is 0. The maximum atomic E-state index is 12.3. The molecule has 166 valence electrons. The fourth-order valence-corrected chi connectivity index (χ4v) is 4.97. The molecule has 0 aromatic heterocycles. The molecule has 32 heavy (non-hydrogen) atoms. The molecule has 2 aromatic carbocycles. The van der Waals surface area contributed by atoms with Crippen LogP contribution in [-0.4, -0.2) is 32.7 Å². The highest BCUT2D eigenvalue weighted by molar-refractivity contribution is 7.90. The van der Waals surface area contributed by atoms with E-state index in [0.717, 1.165) is 36.6 Å². The maximum Gasteiger partial charge on any atom is 0.221 e. The van der Waals surface area contributed by atoms with Crippen LogP contribution in [0.4, 0.5) is 0 Å². The number of amides is 1. The monoisotopic (exact) mass is 450 g/mol. The van der Waals surface area contributed by atoms with Gasteiger partial charge in [-0.1, -0.05) is 30.3 Å². The summed E-state index contributed by atoms with van der Waals surface area (Å²) in [6, 6.07) is 15.6. The molecule has 0 spiro atoms. The normalized spacial score (nSPS) is 19.0. The van der Waals surface area contributed by atoms with Crippen LogP contribution >= 0.6 is 0 Å². The lowest BCUT2D eigenvalue weighted by molar-refractivity contribution is -0.122. The quantitative estimate of drug-likeness (QED) is 0.665. The number of nitrogens with one attached hydrogen (secondary N) is 1. The van der Waals surface area contributed by atoms with Crippen molar-refractivity contribution in [2.45, 2.75) is 49.1 Å². The van der Waals surface area contributed by atoms with Crippen LogP contribution in [0.5, 0.6) is 0 Å². The van der Waals surface area contributed by atoms with Crippen LogP contribution in [-0.2, 0) is 21.1 Å². The number of carbonyl (C=O) groups excluding carboxylic acids is 1. The first kappa shape index (κ1) is 23.5. The number of nitriles is 2. The Labute approximate surface area is 188 Å². The Bertz CT molecular complexity index is 1180. The smallest absolute Gasteiger partial charge is 0.221 e. The van der Waals surface area contributed by atoms with Crippen molar-refractivity contribution in [2.24, 2.45) is 11.7 Å². The molecule has 1 amide bonds. The minimum Gasteiger partial charge on any atom is -0.340 e. The molecule has 1 aliphatic rings. The van der Waals surface area contributed by atoms with E-state index >= 15 is 0 Å². The van der Waals surface area contributed by atoms with Gasteiger partial charge < -0.3 is 11.1 Å². The molecule has 1 aliphatic carbocycles. The van der Waals surface area contributed by atoms with E-state index in [9.17, 15) is 18.5 Å². The zero-order valence-corrected chi connectivity index (χ0v) is 18.7. The highest BCUT2D eigenvalue weighted by atomic mass is 32.2. The number of nitrogens with zero attached hydrogens (tertiary/aromatic N) is 2. The minimum absolute atomic E-state index is 0.00273. The molecule has 7 nitrogen and oxygen atoms in total. The SMILES string of the molecule is CS(=O)(=O)c1cc(-c2ccc(CC(C#N)NC(=O)CC3CCC(N)C3)cc2)ccc1C#N. The van der Waals surface area contributed by atoms with Gasteiger partial charge in [0.25, 0.3) is 0 Å². The number of carbonyl (C=O) groups is 1. The summed E-state index contributed by atoms with van der Waals surface area (Å²) in [5.74, 6) is 0.158. The van der Waals surface area contributed by atoms with Crippen molar-refractivity contribution in [1.29, 1.82) is 10.5 Å². The van der Waals surface area contributed by atoms with Gasteiger partial charge in [0.1, 0.15) is 12.1 Å². The van der Waals surface area contributed by atoms with Crippen molar-refractivity contribution in [3.05, 3.63) is 53.6 Å². The van der Waals surface area contributed by atoms with Crippen molar-refractivity contribution in [3.8, 4) is 23.3 Å². The first-order valence-electron chi connectivity index (χ1n) is 10.5. The molecule has 3 N–H and O–H groups in total. The Kier molecular flexibility index (Phi) is 7.29. The summed E-state index contributed by atoms with van der Waals surface area (Å²) in [5.41, 5.74) is 8.35. The van der Waals surface area contributed by atoms with Gasteiger partial charge in [0.05, 0.1) is 16.5 Å². The molecule has 0 bridgehead atoms. The summed E-state index contributed by atoms with van der Waals surface area (Å²) in [6.07, 6.45) is 4.58. The predicted molar refractivity (Wildman–Crippen MR) is 121 cm³/mol. The lowest BCUT2D eigenvalue weighted by Crippen LogP contribution is -2.36. The molecule has 2 aromatic rings.